The number of benzene rings is 2. The smallest absolute Gasteiger partial charge is 0.295 e. The van der Waals surface area contributed by atoms with E-state index in [-0.39, 0.29) is 23.4 Å². The lowest BCUT2D eigenvalue weighted by atomic mass is 9.95. The summed E-state index contributed by atoms with van der Waals surface area (Å²) in [6.45, 7) is 0.152. The van der Waals surface area contributed by atoms with E-state index in [0.717, 1.165) is 10.0 Å². The van der Waals surface area contributed by atoms with Gasteiger partial charge in [-0.25, -0.2) is 4.39 Å². The van der Waals surface area contributed by atoms with Gasteiger partial charge in [0.05, 0.1) is 11.6 Å². The molecule has 2 heterocycles. The maximum atomic E-state index is 13.3. The van der Waals surface area contributed by atoms with Gasteiger partial charge in [-0.15, -0.1) is 0 Å². The van der Waals surface area contributed by atoms with Crippen LogP contribution in [0.15, 0.2) is 83.1 Å². The zero-order valence-electron chi connectivity index (χ0n) is 15.6. The van der Waals surface area contributed by atoms with E-state index in [1.807, 2.05) is 6.07 Å². The van der Waals surface area contributed by atoms with E-state index in [4.69, 9.17) is 0 Å². The highest BCUT2D eigenvalue weighted by atomic mass is 79.9. The van der Waals surface area contributed by atoms with E-state index in [1.165, 1.54) is 29.2 Å². The number of amides is 1. The van der Waals surface area contributed by atoms with Crippen LogP contribution in [-0.4, -0.2) is 26.7 Å². The zero-order valence-corrected chi connectivity index (χ0v) is 17.2. The van der Waals surface area contributed by atoms with Crippen LogP contribution in [0, 0.1) is 5.82 Å². The van der Waals surface area contributed by atoms with Gasteiger partial charge in [0.15, 0.2) is 0 Å². The number of nitrogens with zero attached hydrogens (tertiary/aromatic N) is 2. The number of ketones is 1. The van der Waals surface area contributed by atoms with Crippen molar-refractivity contribution >= 4 is 33.4 Å². The molecule has 3 aromatic rings. The van der Waals surface area contributed by atoms with Gasteiger partial charge in [-0.1, -0.05) is 34.1 Å². The standard InChI is InChI=1S/C23H16BrFN2O3/c24-17-7-3-15(4-8-17)20-19(21(28)16-5-9-18(25)10-6-16)22(29)23(30)27(20)13-14-2-1-11-26-12-14/h1-12,20,28H,13H2/b21-19+. The van der Waals surface area contributed by atoms with Crippen LogP contribution in [0.5, 0.6) is 0 Å². The summed E-state index contributed by atoms with van der Waals surface area (Å²) < 4.78 is 14.2. The van der Waals surface area contributed by atoms with Crippen LogP contribution >= 0.6 is 15.9 Å². The summed E-state index contributed by atoms with van der Waals surface area (Å²) in [7, 11) is 0. The minimum Gasteiger partial charge on any atom is -0.507 e. The molecule has 0 aliphatic carbocycles. The minimum absolute atomic E-state index is 0.0298. The van der Waals surface area contributed by atoms with Gasteiger partial charge >= 0.3 is 0 Å². The second kappa shape index (κ2) is 8.20. The number of aliphatic hydroxyl groups excluding tert-OH is 1. The number of aromatic nitrogens is 1. The van der Waals surface area contributed by atoms with Crippen molar-refractivity contribution in [1.29, 1.82) is 0 Å². The van der Waals surface area contributed by atoms with Gasteiger partial charge in [-0.3, -0.25) is 14.6 Å². The van der Waals surface area contributed by atoms with Crippen molar-refractivity contribution in [3.63, 3.8) is 0 Å². The highest BCUT2D eigenvalue weighted by Crippen LogP contribution is 2.40. The van der Waals surface area contributed by atoms with Crippen LogP contribution in [0.25, 0.3) is 5.76 Å². The fraction of sp³-hybridized carbons (Fsp3) is 0.0870. The second-order valence-electron chi connectivity index (χ2n) is 6.85. The molecule has 1 atom stereocenters. The first kappa shape index (κ1) is 20.0. The van der Waals surface area contributed by atoms with Gasteiger partial charge in [0.1, 0.15) is 11.6 Å². The molecule has 2 aromatic carbocycles. The number of halogens is 2. The number of rotatable bonds is 4. The third-order valence-corrected chi connectivity index (χ3v) is 5.45. The van der Waals surface area contributed by atoms with Crippen LogP contribution in [0.1, 0.15) is 22.7 Å². The summed E-state index contributed by atoms with van der Waals surface area (Å²) >= 11 is 3.38. The lowest BCUT2D eigenvalue weighted by Gasteiger charge is -2.25. The van der Waals surface area contributed by atoms with Crippen LogP contribution in [0.4, 0.5) is 4.39 Å². The molecular weight excluding hydrogens is 451 g/mol. The largest absolute Gasteiger partial charge is 0.507 e. The first-order chi connectivity index (χ1) is 14.5. The SMILES string of the molecule is O=C1C(=O)N(Cc2cccnc2)C(c2ccc(Br)cc2)/C1=C(\O)c1ccc(F)cc1. The molecule has 7 heteroatoms. The molecule has 1 aromatic heterocycles. The number of carbonyl (C=O) groups is 2. The molecule has 0 radical (unpaired) electrons. The summed E-state index contributed by atoms with van der Waals surface area (Å²) in [5, 5.41) is 10.9. The second-order valence-corrected chi connectivity index (χ2v) is 7.76. The first-order valence-corrected chi connectivity index (χ1v) is 9.93. The molecule has 4 rings (SSSR count). The number of pyridine rings is 1. The number of aliphatic hydroxyl groups is 1. The molecule has 1 saturated heterocycles. The molecule has 1 amide bonds. The van der Waals surface area contributed by atoms with Crippen LogP contribution in [0.2, 0.25) is 0 Å². The van der Waals surface area contributed by atoms with Crippen molar-refractivity contribution in [1.82, 2.24) is 9.88 Å². The van der Waals surface area contributed by atoms with Crippen molar-refractivity contribution in [2.24, 2.45) is 0 Å². The normalized spacial score (nSPS) is 18.1. The average molecular weight is 467 g/mol. The highest BCUT2D eigenvalue weighted by molar-refractivity contribution is 9.10. The van der Waals surface area contributed by atoms with Crippen molar-refractivity contribution in [3.8, 4) is 0 Å². The minimum atomic E-state index is -0.789. The van der Waals surface area contributed by atoms with E-state index in [9.17, 15) is 19.1 Å². The molecule has 5 nitrogen and oxygen atoms in total. The fourth-order valence-electron chi connectivity index (χ4n) is 3.49. The van der Waals surface area contributed by atoms with Gasteiger partial charge in [-0.05, 0) is 53.6 Å². The number of carbonyl (C=O) groups excluding carboxylic acids is 2. The predicted octanol–water partition coefficient (Wildman–Crippen LogP) is 4.61. The summed E-state index contributed by atoms with van der Waals surface area (Å²) in [5.74, 6) is -2.30. The highest BCUT2D eigenvalue weighted by Gasteiger charge is 2.46. The van der Waals surface area contributed by atoms with Gasteiger partial charge < -0.3 is 10.0 Å². The van der Waals surface area contributed by atoms with E-state index >= 15 is 0 Å². The molecule has 1 fully saturated rings. The number of hydrogen-bond donors (Lipinski definition) is 1. The summed E-state index contributed by atoms with van der Waals surface area (Å²) in [6.07, 6.45) is 3.25. The Hall–Kier alpha value is -3.32. The maximum Gasteiger partial charge on any atom is 0.295 e. The summed E-state index contributed by atoms with van der Waals surface area (Å²) in [4.78, 5) is 31.3. The van der Waals surface area contributed by atoms with Crippen molar-refractivity contribution in [2.45, 2.75) is 12.6 Å². The van der Waals surface area contributed by atoms with Crippen molar-refractivity contribution in [3.05, 3.63) is 106 Å². The molecule has 1 N–H and O–H groups in total. The monoisotopic (exact) mass is 466 g/mol. The van der Waals surface area contributed by atoms with Crippen LogP contribution in [-0.2, 0) is 16.1 Å². The predicted molar refractivity (Wildman–Crippen MR) is 113 cm³/mol. The third-order valence-electron chi connectivity index (χ3n) is 4.92. The van der Waals surface area contributed by atoms with E-state index in [2.05, 4.69) is 20.9 Å². The molecule has 0 spiro atoms. The zero-order chi connectivity index (χ0) is 21.3. The topological polar surface area (TPSA) is 70.5 Å². The van der Waals surface area contributed by atoms with Crippen LogP contribution in [0.3, 0.4) is 0 Å². The molecule has 30 heavy (non-hydrogen) atoms. The van der Waals surface area contributed by atoms with E-state index in [0.29, 0.717) is 5.56 Å². The Morgan fingerprint density at radius 1 is 1.07 bits per heavy atom. The average Bonchev–Trinajstić information content (AvgIpc) is 3.00. The molecule has 0 saturated carbocycles. The number of Topliss-reactive ketones (excluding diaryl/α,β-unsaturated/α-hetero) is 1. The fourth-order valence-corrected chi connectivity index (χ4v) is 3.75. The Kier molecular flexibility index (Phi) is 5.46. The molecule has 1 aliphatic rings. The van der Waals surface area contributed by atoms with Crippen molar-refractivity contribution < 1.29 is 19.1 Å². The van der Waals surface area contributed by atoms with Crippen molar-refractivity contribution in [2.75, 3.05) is 0 Å². The Morgan fingerprint density at radius 3 is 2.40 bits per heavy atom. The molecule has 1 unspecified atom stereocenters. The third kappa shape index (κ3) is 3.76. The van der Waals surface area contributed by atoms with E-state index in [1.54, 1.807) is 42.7 Å². The van der Waals surface area contributed by atoms with Gasteiger partial charge in [-0.2, -0.15) is 0 Å². The van der Waals surface area contributed by atoms with Gasteiger partial charge in [0, 0.05) is 29.0 Å². The van der Waals surface area contributed by atoms with Gasteiger partial charge in [0.2, 0.25) is 0 Å². The molecule has 0 bridgehead atoms. The Labute approximate surface area is 180 Å². The Balaban J connectivity index is 1.85. The van der Waals surface area contributed by atoms with Crippen LogP contribution < -0.4 is 0 Å². The Morgan fingerprint density at radius 2 is 1.77 bits per heavy atom. The maximum absolute atomic E-state index is 13.3. The Bertz CT molecular complexity index is 1130. The summed E-state index contributed by atoms with van der Waals surface area (Å²) in [5.41, 5.74) is 1.66. The van der Waals surface area contributed by atoms with E-state index < -0.39 is 23.5 Å². The lowest BCUT2D eigenvalue weighted by molar-refractivity contribution is -0.140. The van der Waals surface area contributed by atoms with Gasteiger partial charge in [0.25, 0.3) is 11.7 Å². The lowest BCUT2D eigenvalue weighted by Crippen LogP contribution is -2.29. The quantitative estimate of drug-likeness (QED) is 0.346. The first-order valence-electron chi connectivity index (χ1n) is 9.14. The number of likely N-dealkylation sites (tertiary alicyclic amines) is 1. The molecule has 150 valence electrons. The summed E-state index contributed by atoms with van der Waals surface area (Å²) in [6, 6.07) is 15.1. The number of hydrogen-bond acceptors (Lipinski definition) is 4. The molecule has 1 aliphatic heterocycles. The molecular formula is C23H16BrFN2O3.